The number of aromatic nitrogens is 1. The van der Waals surface area contributed by atoms with Crippen molar-refractivity contribution >= 4 is 10.0 Å². The minimum atomic E-state index is -3.59. The zero-order valence-corrected chi connectivity index (χ0v) is 18.9. The second kappa shape index (κ2) is 7.43. The molecule has 0 amide bonds. The maximum absolute atomic E-state index is 13.3. The summed E-state index contributed by atoms with van der Waals surface area (Å²) in [5.74, 6) is 0.185. The highest BCUT2D eigenvalue weighted by atomic mass is 32.2. The number of nitrogens with zero attached hydrogens (tertiary/aromatic N) is 3. The zero-order chi connectivity index (χ0) is 21.0. The summed E-state index contributed by atoms with van der Waals surface area (Å²) in [6, 6.07) is 2.34. The van der Waals surface area contributed by atoms with E-state index in [0.29, 0.717) is 30.0 Å². The molecule has 0 N–H and O–H groups in total. The second-order valence-corrected chi connectivity index (χ2v) is 11.9. The summed E-state index contributed by atoms with van der Waals surface area (Å²) in [5.41, 5.74) is 1.57. The molecule has 3 saturated heterocycles. The Balaban J connectivity index is 1.22. The Hall–Kier alpha value is -1.22. The second-order valence-electron chi connectivity index (χ2n) is 10.0. The molecule has 0 aromatic carbocycles. The monoisotopic (exact) mass is 435 g/mol. The first-order valence-electron chi connectivity index (χ1n) is 11.2. The Morgan fingerprint density at radius 3 is 2.60 bits per heavy atom. The summed E-state index contributed by atoms with van der Waals surface area (Å²) in [7, 11) is -2.12. The number of hydrogen-bond donors (Lipinski definition) is 0. The van der Waals surface area contributed by atoms with Crippen LogP contribution in [0, 0.1) is 17.8 Å². The first kappa shape index (κ1) is 20.7. The van der Waals surface area contributed by atoms with E-state index >= 15 is 0 Å². The molecule has 4 aliphatic rings. The molecule has 0 bridgehead atoms. The van der Waals surface area contributed by atoms with Crippen LogP contribution in [0.15, 0.2) is 17.2 Å². The quantitative estimate of drug-likeness (QED) is 0.723. The molecule has 1 aliphatic carbocycles. The normalized spacial score (nSPS) is 28.8. The van der Waals surface area contributed by atoms with Gasteiger partial charge in [-0.2, -0.15) is 4.31 Å². The molecule has 8 heteroatoms. The fraction of sp³-hybridized carbons (Fsp3) is 0.773. The van der Waals surface area contributed by atoms with Gasteiger partial charge in [0.2, 0.25) is 15.9 Å². The highest BCUT2D eigenvalue weighted by Gasteiger charge is 2.52. The van der Waals surface area contributed by atoms with Crippen molar-refractivity contribution in [1.29, 1.82) is 0 Å². The smallest absolute Gasteiger partial charge is 0.248 e. The topological polar surface area (TPSA) is 72.0 Å². The van der Waals surface area contributed by atoms with Crippen LogP contribution in [0.1, 0.15) is 44.1 Å². The lowest BCUT2D eigenvalue weighted by Gasteiger charge is -2.51. The van der Waals surface area contributed by atoms with Crippen LogP contribution < -0.4 is 4.74 Å². The maximum Gasteiger partial charge on any atom is 0.248 e. The molecule has 2 spiro atoms. The Morgan fingerprint density at radius 2 is 1.93 bits per heavy atom. The number of hydrogen-bond acceptors (Lipinski definition) is 6. The largest absolute Gasteiger partial charge is 0.480 e. The van der Waals surface area contributed by atoms with Crippen LogP contribution in [0.5, 0.6) is 5.88 Å². The van der Waals surface area contributed by atoms with Gasteiger partial charge in [-0.15, -0.1) is 0 Å². The lowest BCUT2D eigenvalue weighted by Crippen LogP contribution is -2.60. The summed E-state index contributed by atoms with van der Waals surface area (Å²) < 4.78 is 39.1. The molecule has 7 nitrogen and oxygen atoms in total. The lowest BCUT2D eigenvalue weighted by atomic mass is 9.75. The van der Waals surface area contributed by atoms with Gasteiger partial charge in [-0.25, -0.2) is 13.4 Å². The molecule has 4 heterocycles. The molecule has 1 aromatic rings. The summed E-state index contributed by atoms with van der Waals surface area (Å²) in [6.07, 6.45) is 8.44. The number of ether oxygens (including phenoxy) is 2. The van der Waals surface area contributed by atoms with Gasteiger partial charge in [0.25, 0.3) is 0 Å². The van der Waals surface area contributed by atoms with Crippen LogP contribution in [0.4, 0.5) is 0 Å². The first-order valence-corrected chi connectivity index (χ1v) is 12.6. The summed E-state index contributed by atoms with van der Waals surface area (Å²) >= 11 is 0. The van der Waals surface area contributed by atoms with Crippen LogP contribution in [0.25, 0.3) is 0 Å². The van der Waals surface area contributed by atoms with Gasteiger partial charge in [-0.05, 0) is 62.5 Å². The number of aryl methyl sites for hydroxylation is 1. The minimum Gasteiger partial charge on any atom is -0.480 e. The molecule has 1 aromatic heterocycles. The van der Waals surface area contributed by atoms with Crippen molar-refractivity contribution in [1.82, 2.24) is 14.2 Å². The van der Waals surface area contributed by atoms with Crippen molar-refractivity contribution in [2.24, 2.45) is 10.8 Å². The van der Waals surface area contributed by atoms with Gasteiger partial charge in [0.15, 0.2) is 0 Å². The van der Waals surface area contributed by atoms with Crippen molar-refractivity contribution in [3.05, 3.63) is 17.8 Å². The standard InChI is InChI=1S/C22H33N3O4S/c1-17-11-19(20(28-2)23-13-17)30(26,27)25-8-5-21(6-9-25)4-3-18(12-21)24-14-22(15-24)7-10-29-16-22/h11,13,18H,3-10,12,14-16H2,1-2H3. The number of rotatable bonds is 4. The third-order valence-corrected chi connectivity index (χ3v) is 9.90. The number of likely N-dealkylation sites (tertiary alicyclic amines) is 1. The van der Waals surface area contributed by atoms with Gasteiger partial charge in [-0.3, -0.25) is 4.90 Å². The van der Waals surface area contributed by atoms with Crippen LogP contribution >= 0.6 is 0 Å². The predicted molar refractivity (Wildman–Crippen MR) is 113 cm³/mol. The third kappa shape index (κ3) is 3.45. The van der Waals surface area contributed by atoms with E-state index in [-0.39, 0.29) is 10.8 Å². The SMILES string of the molecule is COc1ncc(C)cc1S(=O)(=O)N1CCC2(CCC(N3CC4(CCOC4)C3)C2)CC1. The summed E-state index contributed by atoms with van der Waals surface area (Å²) in [4.78, 5) is 7.01. The molecule has 3 aliphatic heterocycles. The van der Waals surface area contributed by atoms with Crippen molar-refractivity contribution in [3.8, 4) is 5.88 Å². The maximum atomic E-state index is 13.3. The van der Waals surface area contributed by atoms with Crippen molar-refractivity contribution in [2.75, 3.05) is 46.5 Å². The average Bonchev–Trinajstić information content (AvgIpc) is 3.35. The van der Waals surface area contributed by atoms with Gasteiger partial charge in [0.1, 0.15) is 4.90 Å². The van der Waals surface area contributed by atoms with Gasteiger partial charge in [-0.1, -0.05) is 0 Å². The zero-order valence-electron chi connectivity index (χ0n) is 18.1. The van der Waals surface area contributed by atoms with E-state index in [1.165, 1.54) is 45.9 Å². The molecule has 4 fully saturated rings. The molecule has 30 heavy (non-hydrogen) atoms. The molecule has 1 atom stereocenters. The molecule has 166 valence electrons. The fourth-order valence-corrected chi connectivity index (χ4v) is 7.76. The van der Waals surface area contributed by atoms with Crippen molar-refractivity contribution < 1.29 is 17.9 Å². The molecule has 5 rings (SSSR count). The van der Waals surface area contributed by atoms with Gasteiger partial charge < -0.3 is 9.47 Å². The van der Waals surface area contributed by atoms with E-state index in [2.05, 4.69) is 9.88 Å². The molecule has 1 unspecified atom stereocenters. The van der Waals surface area contributed by atoms with Crippen LogP contribution in [0.2, 0.25) is 0 Å². The molecule has 1 saturated carbocycles. The highest BCUT2D eigenvalue weighted by Crippen LogP contribution is 2.51. The Morgan fingerprint density at radius 1 is 1.17 bits per heavy atom. The minimum absolute atomic E-state index is 0.185. The van der Waals surface area contributed by atoms with E-state index in [0.717, 1.165) is 31.6 Å². The van der Waals surface area contributed by atoms with Gasteiger partial charge in [0.05, 0.1) is 13.7 Å². The Labute approximate surface area is 179 Å². The number of piperidine rings is 1. The predicted octanol–water partition coefficient (Wildman–Crippen LogP) is 2.44. The Bertz CT molecular complexity index is 897. The third-order valence-electron chi connectivity index (χ3n) is 8.00. The molecular formula is C22H33N3O4S. The highest BCUT2D eigenvalue weighted by molar-refractivity contribution is 7.89. The molecular weight excluding hydrogens is 402 g/mol. The number of pyridine rings is 1. The summed E-state index contributed by atoms with van der Waals surface area (Å²) in [6.45, 7) is 7.27. The Kier molecular flexibility index (Phi) is 5.12. The van der Waals surface area contributed by atoms with E-state index in [1.54, 1.807) is 16.6 Å². The lowest BCUT2D eigenvalue weighted by molar-refractivity contribution is -0.0378. The van der Waals surface area contributed by atoms with Crippen LogP contribution in [-0.4, -0.2) is 75.2 Å². The first-order chi connectivity index (χ1) is 14.3. The average molecular weight is 436 g/mol. The van der Waals surface area contributed by atoms with Gasteiger partial charge in [0, 0.05) is 50.4 Å². The van der Waals surface area contributed by atoms with Crippen molar-refractivity contribution in [2.45, 2.75) is 56.4 Å². The number of methoxy groups -OCH3 is 1. The van der Waals surface area contributed by atoms with E-state index in [4.69, 9.17) is 9.47 Å². The molecule has 0 radical (unpaired) electrons. The van der Waals surface area contributed by atoms with Gasteiger partial charge >= 0.3 is 0 Å². The van der Waals surface area contributed by atoms with Crippen LogP contribution in [-0.2, 0) is 14.8 Å². The number of sulfonamides is 1. The van der Waals surface area contributed by atoms with Crippen LogP contribution in [0.3, 0.4) is 0 Å². The fourth-order valence-electron chi connectivity index (χ4n) is 6.12. The van der Waals surface area contributed by atoms with E-state index in [9.17, 15) is 8.42 Å². The van der Waals surface area contributed by atoms with E-state index in [1.807, 2.05) is 6.92 Å². The van der Waals surface area contributed by atoms with E-state index < -0.39 is 10.0 Å². The van der Waals surface area contributed by atoms with Crippen molar-refractivity contribution in [3.63, 3.8) is 0 Å². The summed E-state index contributed by atoms with van der Waals surface area (Å²) in [5, 5.41) is 0.